The molecule has 3 aliphatic heterocycles. The Bertz CT molecular complexity index is 724. The van der Waals surface area contributed by atoms with Crippen LogP contribution in [0, 0.1) is 5.92 Å². The molecule has 1 spiro atoms. The first-order valence-corrected chi connectivity index (χ1v) is 9.46. The highest BCUT2D eigenvalue weighted by Gasteiger charge is 2.44. The fraction of sp³-hybridized carbons (Fsp3) is 0.579. The number of hydrogen-bond acceptors (Lipinski definition) is 4. The van der Waals surface area contributed by atoms with Crippen molar-refractivity contribution in [3.05, 3.63) is 23.2 Å². The first-order valence-electron chi connectivity index (χ1n) is 9.08. The second kappa shape index (κ2) is 6.74. The Hall–Kier alpha value is -1.79. The van der Waals surface area contributed by atoms with Gasteiger partial charge in [-0.3, -0.25) is 9.59 Å². The molecule has 1 atom stereocenters. The first-order chi connectivity index (χ1) is 12.5. The van der Waals surface area contributed by atoms with Crippen LogP contribution in [0.25, 0.3) is 0 Å². The standard InChI is InChI=1S/C19H23ClN2O4/c1-25-16-3-2-14(11-15(16)20)22-12-13(10-17(22)23)18(24)21-7-4-19(5-8-21)6-9-26-19/h2-3,11,13H,4-10,12H2,1H3/t13-/m0/s1. The van der Waals surface area contributed by atoms with Gasteiger partial charge in [-0.1, -0.05) is 11.6 Å². The smallest absolute Gasteiger partial charge is 0.228 e. The highest BCUT2D eigenvalue weighted by molar-refractivity contribution is 6.32. The highest BCUT2D eigenvalue weighted by Crippen LogP contribution is 2.38. The molecule has 2 amide bonds. The van der Waals surface area contributed by atoms with E-state index >= 15 is 0 Å². The summed E-state index contributed by atoms with van der Waals surface area (Å²) in [6, 6.07) is 5.25. The van der Waals surface area contributed by atoms with Crippen molar-refractivity contribution >= 4 is 29.1 Å². The van der Waals surface area contributed by atoms with Crippen LogP contribution in [-0.4, -0.2) is 55.7 Å². The number of anilines is 1. The molecule has 0 aliphatic carbocycles. The molecule has 26 heavy (non-hydrogen) atoms. The summed E-state index contributed by atoms with van der Waals surface area (Å²) in [5, 5.41) is 0.453. The normalized spacial score (nSPS) is 24.7. The van der Waals surface area contributed by atoms with Gasteiger partial charge in [0.1, 0.15) is 5.75 Å². The van der Waals surface area contributed by atoms with Crippen molar-refractivity contribution in [2.75, 3.05) is 38.3 Å². The maximum atomic E-state index is 12.9. The van der Waals surface area contributed by atoms with Crippen LogP contribution < -0.4 is 9.64 Å². The maximum absolute atomic E-state index is 12.9. The van der Waals surface area contributed by atoms with Gasteiger partial charge in [0.05, 0.1) is 30.3 Å². The SMILES string of the molecule is COc1ccc(N2C[C@@H](C(=O)N3CCC4(CCO4)CC3)CC2=O)cc1Cl. The van der Waals surface area contributed by atoms with Gasteiger partial charge in [0.2, 0.25) is 11.8 Å². The van der Waals surface area contributed by atoms with Crippen LogP contribution in [-0.2, 0) is 14.3 Å². The number of carbonyl (C=O) groups is 2. The number of hydrogen-bond donors (Lipinski definition) is 0. The van der Waals surface area contributed by atoms with Gasteiger partial charge < -0.3 is 19.3 Å². The maximum Gasteiger partial charge on any atom is 0.228 e. The average Bonchev–Trinajstić information content (AvgIpc) is 3.01. The van der Waals surface area contributed by atoms with E-state index in [1.165, 1.54) is 0 Å². The third-order valence-corrected chi connectivity index (χ3v) is 6.17. The number of nitrogens with zero attached hydrogens (tertiary/aromatic N) is 2. The number of amides is 2. The Morgan fingerprint density at radius 1 is 1.31 bits per heavy atom. The lowest BCUT2D eigenvalue weighted by atomic mass is 9.84. The third kappa shape index (κ3) is 3.05. The number of likely N-dealkylation sites (tertiary alicyclic amines) is 1. The van der Waals surface area contributed by atoms with Gasteiger partial charge in [0, 0.05) is 31.7 Å². The fourth-order valence-corrected chi connectivity index (χ4v) is 4.38. The predicted molar refractivity (Wildman–Crippen MR) is 97.6 cm³/mol. The quantitative estimate of drug-likeness (QED) is 0.810. The van der Waals surface area contributed by atoms with Crippen LogP contribution in [0.3, 0.4) is 0 Å². The second-order valence-corrected chi connectivity index (χ2v) is 7.74. The number of rotatable bonds is 3. The van der Waals surface area contributed by atoms with E-state index in [4.69, 9.17) is 21.1 Å². The molecule has 1 aromatic rings. The molecule has 4 rings (SSSR count). The molecule has 1 aromatic carbocycles. The number of benzene rings is 1. The molecule has 0 aromatic heterocycles. The van der Waals surface area contributed by atoms with Crippen molar-refractivity contribution in [1.29, 1.82) is 0 Å². The Kier molecular flexibility index (Phi) is 4.57. The zero-order valence-electron chi connectivity index (χ0n) is 14.9. The summed E-state index contributed by atoms with van der Waals surface area (Å²) in [6.45, 7) is 2.68. The zero-order valence-corrected chi connectivity index (χ0v) is 15.6. The van der Waals surface area contributed by atoms with Crippen molar-refractivity contribution in [3.63, 3.8) is 0 Å². The van der Waals surface area contributed by atoms with Gasteiger partial charge in [-0.2, -0.15) is 0 Å². The topological polar surface area (TPSA) is 59.1 Å². The summed E-state index contributed by atoms with van der Waals surface area (Å²) < 4.78 is 10.9. The zero-order chi connectivity index (χ0) is 18.3. The summed E-state index contributed by atoms with van der Waals surface area (Å²) in [6.07, 6.45) is 3.15. The summed E-state index contributed by atoms with van der Waals surface area (Å²) in [7, 11) is 1.55. The first kappa shape index (κ1) is 17.6. The van der Waals surface area contributed by atoms with Crippen LogP contribution in [0.5, 0.6) is 5.75 Å². The number of ether oxygens (including phenoxy) is 2. The molecule has 3 fully saturated rings. The lowest BCUT2D eigenvalue weighted by Crippen LogP contribution is -2.54. The van der Waals surface area contributed by atoms with E-state index in [-0.39, 0.29) is 29.8 Å². The Morgan fingerprint density at radius 3 is 2.62 bits per heavy atom. The lowest BCUT2D eigenvalue weighted by Gasteiger charge is -2.47. The minimum atomic E-state index is -0.292. The lowest BCUT2D eigenvalue weighted by molar-refractivity contribution is -0.177. The number of carbonyl (C=O) groups excluding carboxylic acids is 2. The van der Waals surface area contributed by atoms with Crippen LogP contribution >= 0.6 is 11.6 Å². The van der Waals surface area contributed by atoms with Gasteiger partial charge in [-0.05, 0) is 37.5 Å². The molecule has 0 bridgehead atoms. The van der Waals surface area contributed by atoms with Gasteiger partial charge >= 0.3 is 0 Å². The van der Waals surface area contributed by atoms with E-state index in [1.54, 1.807) is 30.2 Å². The molecule has 0 N–H and O–H groups in total. The van der Waals surface area contributed by atoms with E-state index in [1.807, 2.05) is 4.90 Å². The molecule has 3 saturated heterocycles. The Morgan fingerprint density at radius 2 is 2.04 bits per heavy atom. The average molecular weight is 379 g/mol. The Balaban J connectivity index is 1.41. The van der Waals surface area contributed by atoms with Gasteiger partial charge in [0.25, 0.3) is 0 Å². The van der Waals surface area contributed by atoms with E-state index in [0.29, 0.717) is 23.0 Å². The van der Waals surface area contributed by atoms with Crippen LogP contribution in [0.4, 0.5) is 5.69 Å². The molecule has 0 unspecified atom stereocenters. The van der Waals surface area contributed by atoms with Crippen molar-refractivity contribution in [1.82, 2.24) is 4.90 Å². The molecular weight excluding hydrogens is 356 g/mol. The Labute approximate surface area is 158 Å². The summed E-state index contributed by atoms with van der Waals surface area (Å²) >= 11 is 6.17. The van der Waals surface area contributed by atoms with Crippen molar-refractivity contribution in [2.24, 2.45) is 5.92 Å². The number of halogens is 1. The monoisotopic (exact) mass is 378 g/mol. The fourth-order valence-electron chi connectivity index (χ4n) is 4.12. The molecule has 7 heteroatoms. The molecule has 0 radical (unpaired) electrons. The van der Waals surface area contributed by atoms with Crippen LogP contribution in [0.1, 0.15) is 25.7 Å². The van der Waals surface area contributed by atoms with E-state index < -0.39 is 0 Å². The van der Waals surface area contributed by atoms with E-state index in [0.717, 1.165) is 39.0 Å². The summed E-state index contributed by atoms with van der Waals surface area (Å²) in [4.78, 5) is 28.9. The largest absolute Gasteiger partial charge is 0.495 e. The molecule has 3 heterocycles. The van der Waals surface area contributed by atoms with Gasteiger partial charge in [0.15, 0.2) is 0 Å². The van der Waals surface area contributed by atoms with Gasteiger partial charge in [-0.15, -0.1) is 0 Å². The number of methoxy groups -OCH3 is 1. The van der Waals surface area contributed by atoms with E-state index in [2.05, 4.69) is 0 Å². The molecule has 0 saturated carbocycles. The second-order valence-electron chi connectivity index (χ2n) is 7.33. The molecule has 3 aliphatic rings. The van der Waals surface area contributed by atoms with Crippen molar-refractivity contribution < 1.29 is 19.1 Å². The van der Waals surface area contributed by atoms with Crippen LogP contribution in [0.15, 0.2) is 18.2 Å². The van der Waals surface area contributed by atoms with Crippen LogP contribution in [0.2, 0.25) is 5.02 Å². The third-order valence-electron chi connectivity index (χ3n) is 5.87. The number of piperidine rings is 1. The molecule has 6 nitrogen and oxygen atoms in total. The van der Waals surface area contributed by atoms with Gasteiger partial charge in [-0.25, -0.2) is 0 Å². The molecule has 140 valence electrons. The minimum Gasteiger partial charge on any atom is -0.495 e. The summed E-state index contributed by atoms with van der Waals surface area (Å²) in [5.41, 5.74) is 0.727. The highest BCUT2D eigenvalue weighted by atomic mass is 35.5. The summed E-state index contributed by atoms with van der Waals surface area (Å²) in [5.74, 6) is 0.310. The van der Waals surface area contributed by atoms with E-state index in [9.17, 15) is 9.59 Å². The molecular formula is C19H23ClN2O4. The predicted octanol–water partition coefficient (Wildman–Crippen LogP) is 2.48. The minimum absolute atomic E-state index is 0.0220. The van der Waals surface area contributed by atoms with Crippen molar-refractivity contribution in [2.45, 2.75) is 31.3 Å². The van der Waals surface area contributed by atoms with Crippen molar-refractivity contribution in [3.8, 4) is 5.75 Å².